The van der Waals surface area contributed by atoms with E-state index in [-0.39, 0.29) is 11.3 Å². The van der Waals surface area contributed by atoms with E-state index in [9.17, 15) is 14.4 Å². The molecule has 7 nitrogen and oxygen atoms in total. The second kappa shape index (κ2) is 10.7. The number of carbonyl (C=O) groups is 3. The van der Waals surface area contributed by atoms with Gasteiger partial charge in [0, 0.05) is 10.0 Å². The number of rotatable bonds is 6. The molecule has 1 aliphatic heterocycles. The van der Waals surface area contributed by atoms with Crippen molar-refractivity contribution in [2.24, 2.45) is 0 Å². The molecule has 0 bridgehead atoms. The van der Waals surface area contributed by atoms with E-state index in [0.29, 0.717) is 37.3 Å². The summed E-state index contributed by atoms with van der Waals surface area (Å²) in [6, 6.07) is 16.0. The number of hydrogen-bond acceptors (Lipinski definition) is 5. The number of ether oxygens (including phenoxy) is 2. The second-order valence-electron chi connectivity index (χ2n) is 7.38. The van der Waals surface area contributed by atoms with Crippen LogP contribution in [0.4, 0.5) is 10.5 Å². The highest BCUT2D eigenvalue weighted by molar-refractivity contribution is 14.1. The van der Waals surface area contributed by atoms with Gasteiger partial charge in [0.1, 0.15) is 12.2 Å². The van der Waals surface area contributed by atoms with Gasteiger partial charge in [0.25, 0.3) is 11.8 Å². The molecule has 0 aromatic heterocycles. The summed E-state index contributed by atoms with van der Waals surface area (Å²) >= 11 is 13.9. The fourth-order valence-electron chi connectivity index (χ4n) is 3.35. The van der Waals surface area contributed by atoms with Crippen LogP contribution in [-0.4, -0.2) is 25.0 Å². The SMILES string of the molecule is COc1cc(/C=C2\C(=O)NC(=O)N(c3ccc(Cl)cc3)C2=O)cc(I)c1OCc1ccc(Cl)cc1. The van der Waals surface area contributed by atoms with Crippen molar-refractivity contribution < 1.29 is 23.9 Å². The van der Waals surface area contributed by atoms with Crippen LogP contribution in [0, 0.1) is 3.57 Å². The molecule has 1 aliphatic rings. The van der Waals surface area contributed by atoms with E-state index in [0.717, 1.165) is 10.5 Å². The summed E-state index contributed by atoms with van der Waals surface area (Å²) in [4.78, 5) is 38.9. The molecule has 1 saturated heterocycles. The van der Waals surface area contributed by atoms with E-state index in [4.69, 9.17) is 32.7 Å². The predicted molar refractivity (Wildman–Crippen MR) is 142 cm³/mol. The summed E-state index contributed by atoms with van der Waals surface area (Å²) in [5.41, 5.74) is 1.53. The number of nitrogens with zero attached hydrogens (tertiary/aromatic N) is 1. The topological polar surface area (TPSA) is 84.9 Å². The van der Waals surface area contributed by atoms with Crippen molar-refractivity contribution in [1.29, 1.82) is 0 Å². The van der Waals surface area contributed by atoms with E-state index in [1.807, 2.05) is 12.1 Å². The van der Waals surface area contributed by atoms with Crippen molar-refractivity contribution >= 4 is 75.4 Å². The van der Waals surface area contributed by atoms with Gasteiger partial charge in [-0.3, -0.25) is 14.9 Å². The van der Waals surface area contributed by atoms with Gasteiger partial charge >= 0.3 is 6.03 Å². The Kier molecular flexibility index (Phi) is 7.63. The molecule has 35 heavy (non-hydrogen) atoms. The highest BCUT2D eigenvalue weighted by Gasteiger charge is 2.36. The molecule has 0 radical (unpaired) electrons. The first-order valence-electron chi connectivity index (χ1n) is 10.2. The molecule has 1 N–H and O–H groups in total. The quantitative estimate of drug-likeness (QED) is 0.212. The van der Waals surface area contributed by atoms with E-state index in [1.54, 1.807) is 36.4 Å². The standard InChI is InChI=1S/C25H17Cl2IN2O5/c1-34-21-12-15(11-20(28)22(21)35-13-14-2-4-16(26)5-3-14)10-19-23(31)29-25(33)30(24(19)32)18-8-6-17(27)7-9-18/h2-12H,13H2,1H3,(H,29,31,33)/b19-10+. The van der Waals surface area contributed by atoms with Crippen LogP contribution in [0.5, 0.6) is 11.5 Å². The Labute approximate surface area is 224 Å². The van der Waals surface area contributed by atoms with Crippen LogP contribution >= 0.6 is 45.8 Å². The summed E-state index contributed by atoms with van der Waals surface area (Å²) in [6.45, 7) is 0.295. The van der Waals surface area contributed by atoms with Gasteiger partial charge in [-0.25, -0.2) is 9.69 Å². The third-order valence-electron chi connectivity index (χ3n) is 5.05. The van der Waals surface area contributed by atoms with E-state index in [1.165, 1.54) is 25.3 Å². The molecule has 3 aromatic carbocycles. The van der Waals surface area contributed by atoms with Gasteiger partial charge in [-0.2, -0.15) is 0 Å². The van der Waals surface area contributed by atoms with Gasteiger partial charge in [0.05, 0.1) is 16.4 Å². The van der Waals surface area contributed by atoms with Crippen molar-refractivity contribution in [3.63, 3.8) is 0 Å². The van der Waals surface area contributed by atoms with Gasteiger partial charge in [0.15, 0.2) is 11.5 Å². The normalized spacial score (nSPS) is 14.8. The number of carbonyl (C=O) groups excluding carboxylic acids is 3. The van der Waals surface area contributed by atoms with Crippen LogP contribution in [-0.2, 0) is 16.2 Å². The van der Waals surface area contributed by atoms with Crippen LogP contribution in [0.1, 0.15) is 11.1 Å². The summed E-state index contributed by atoms with van der Waals surface area (Å²) in [5.74, 6) is -0.602. The lowest BCUT2D eigenvalue weighted by Crippen LogP contribution is -2.54. The Bertz CT molecular complexity index is 1340. The zero-order valence-electron chi connectivity index (χ0n) is 18.2. The number of anilines is 1. The zero-order valence-corrected chi connectivity index (χ0v) is 21.8. The fourth-order valence-corrected chi connectivity index (χ4v) is 4.38. The number of halogens is 3. The molecule has 3 aromatic rings. The van der Waals surface area contributed by atoms with Crippen molar-refractivity contribution in [2.45, 2.75) is 6.61 Å². The Morgan fingerprint density at radius 2 is 1.60 bits per heavy atom. The molecule has 0 atom stereocenters. The van der Waals surface area contributed by atoms with Crippen LogP contribution in [0.25, 0.3) is 6.08 Å². The Morgan fingerprint density at radius 1 is 0.971 bits per heavy atom. The number of nitrogens with one attached hydrogen (secondary N) is 1. The highest BCUT2D eigenvalue weighted by Crippen LogP contribution is 2.35. The maximum absolute atomic E-state index is 13.1. The summed E-state index contributed by atoms with van der Waals surface area (Å²) in [5, 5.41) is 3.28. The van der Waals surface area contributed by atoms with E-state index in [2.05, 4.69) is 27.9 Å². The number of urea groups is 1. The molecule has 10 heteroatoms. The maximum Gasteiger partial charge on any atom is 0.335 e. The van der Waals surface area contributed by atoms with Gasteiger partial charge in [-0.15, -0.1) is 0 Å². The Balaban J connectivity index is 1.63. The van der Waals surface area contributed by atoms with Crippen LogP contribution in [0.15, 0.2) is 66.2 Å². The molecule has 0 saturated carbocycles. The molecule has 0 unspecified atom stereocenters. The number of barbiturate groups is 1. The van der Waals surface area contributed by atoms with Gasteiger partial charge in [-0.1, -0.05) is 35.3 Å². The monoisotopic (exact) mass is 622 g/mol. The van der Waals surface area contributed by atoms with Crippen molar-refractivity contribution in [2.75, 3.05) is 12.0 Å². The van der Waals surface area contributed by atoms with Gasteiger partial charge in [-0.05, 0) is 88.3 Å². The third-order valence-corrected chi connectivity index (χ3v) is 6.35. The highest BCUT2D eigenvalue weighted by atomic mass is 127. The molecule has 0 aliphatic carbocycles. The molecular weight excluding hydrogens is 606 g/mol. The maximum atomic E-state index is 13.1. The Hall–Kier alpha value is -3.08. The minimum Gasteiger partial charge on any atom is -0.493 e. The summed E-state index contributed by atoms with van der Waals surface area (Å²) < 4.78 is 12.2. The zero-order chi connectivity index (χ0) is 25.1. The lowest BCUT2D eigenvalue weighted by atomic mass is 10.1. The fraction of sp³-hybridized carbons (Fsp3) is 0.0800. The smallest absolute Gasteiger partial charge is 0.335 e. The van der Waals surface area contributed by atoms with Crippen molar-refractivity contribution in [3.8, 4) is 11.5 Å². The molecular formula is C25H17Cl2IN2O5. The van der Waals surface area contributed by atoms with Gasteiger partial charge in [0.2, 0.25) is 0 Å². The minimum atomic E-state index is -0.836. The molecule has 1 heterocycles. The average Bonchev–Trinajstić information content (AvgIpc) is 2.83. The predicted octanol–water partition coefficient (Wildman–Crippen LogP) is 5.85. The minimum absolute atomic E-state index is 0.202. The van der Waals surface area contributed by atoms with E-state index >= 15 is 0 Å². The van der Waals surface area contributed by atoms with E-state index < -0.39 is 17.8 Å². The van der Waals surface area contributed by atoms with Crippen molar-refractivity contribution in [3.05, 3.63) is 91.0 Å². The molecule has 4 amide bonds. The summed E-state index contributed by atoms with van der Waals surface area (Å²) in [6.07, 6.45) is 1.40. The van der Waals surface area contributed by atoms with Crippen molar-refractivity contribution in [1.82, 2.24) is 5.32 Å². The molecule has 0 spiro atoms. The third kappa shape index (κ3) is 5.61. The summed E-state index contributed by atoms with van der Waals surface area (Å²) in [7, 11) is 1.50. The number of hydrogen-bond donors (Lipinski definition) is 1. The number of methoxy groups -OCH3 is 1. The average molecular weight is 623 g/mol. The first-order chi connectivity index (χ1) is 16.8. The first-order valence-corrected chi connectivity index (χ1v) is 12.0. The number of amides is 4. The number of imide groups is 2. The lowest BCUT2D eigenvalue weighted by Gasteiger charge is -2.26. The van der Waals surface area contributed by atoms with Gasteiger partial charge < -0.3 is 9.47 Å². The largest absolute Gasteiger partial charge is 0.493 e. The Morgan fingerprint density at radius 3 is 2.23 bits per heavy atom. The molecule has 1 fully saturated rings. The first kappa shape index (κ1) is 25.0. The van der Waals surface area contributed by atoms with Crippen LogP contribution in [0.2, 0.25) is 10.0 Å². The molecule has 4 rings (SSSR count). The number of benzene rings is 3. The van der Waals surface area contributed by atoms with Crippen LogP contribution < -0.4 is 19.7 Å². The molecule has 178 valence electrons. The van der Waals surface area contributed by atoms with Crippen LogP contribution in [0.3, 0.4) is 0 Å². The lowest BCUT2D eigenvalue weighted by molar-refractivity contribution is -0.122. The second-order valence-corrected chi connectivity index (χ2v) is 9.42.